The van der Waals surface area contributed by atoms with Crippen LogP contribution >= 0.6 is 0 Å². The molecule has 2 aliphatic heterocycles. The lowest BCUT2D eigenvalue weighted by Crippen LogP contribution is -1.74. The fourth-order valence-electron chi connectivity index (χ4n) is 1.60. The van der Waals surface area contributed by atoms with Gasteiger partial charge in [-0.05, 0) is 12.1 Å². The molecule has 3 heteroatoms. The molecule has 3 rings (SSSR count). The summed E-state index contributed by atoms with van der Waals surface area (Å²) in [6.45, 7) is 0. The summed E-state index contributed by atoms with van der Waals surface area (Å²) in [5.41, 5.74) is 2.04. The van der Waals surface area contributed by atoms with Crippen LogP contribution in [0.1, 0.15) is 0 Å². The molecule has 0 radical (unpaired) electrons. The Bertz CT molecular complexity index is 562. The van der Waals surface area contributed by atoms with Gasteiger partial charge in [0.05, 0.1) is 5.52 Å². The molecule has 14 heavy (non-hydrogen) atoms. The van der Waals surface area contributed by atoms with Crippen LogP contribution in [0.15, 0.2) is 42.9 Å². The lowest BCUT2D eigenvalue weighted by molar-refractivity contribution is 1.19. The standard InChI is InChI=1S/C11H7N3/c1-2-4-10-8(3-1)9-5-6-12-7-13-11(9)14-10/h1-7H. The summed E-state index contributed by atoms with van der Waals surface area (Å²) in [4.78, 5) is 12.5. The van der Waals surface area contributed by atoms with Gasteiger partial charge in [-0.1, -0.05) is 18.2 Å². The number of rotatable bonds is 0. The Morgan fingerprint density at radius 3 is 2.93 bits per heavy atom. The number of hydrogen-bond donors (Lipinski definition) is 0. The Labute approximate surface area is 80.8 Å². The molecule has 2 heterocycles. The van der Waals surface area contributed by atoms with Crippen LogP contribution in [-0.4, -0.2) is 15.0 Å². The maximum absolute atomic E-state index is 4.40. The summed E-state index contributed by atoms with van der Waals surface area (Å²) < 4.78 is 0. The molecule has 0 aliphatic carbocycles. The van der Waals surface area contributed by atoms with Crippen LogP contribution in [-0.2, 0) is 0 Å². The lowest BCUT2D eigenvalue weighted by atomic mass is 10.2. The van der Waals surface area contributed by atoms with E-state index in [0.29, 0.717) is 0 Å². The minimum absolute atomic E-state index is 0.753. The average Bonchev–Trinajstić information content (AvgIpc) is 2.42. The molecule has 0 fully saturated rings. The van der Waals surface area contributed by atoms with E-state index in [9.17, 15) is 0 Å². The van der Waals surface area contributed by atoms with Crippen molar-refractivity contribution in [2.45, 2.75) is 0 Å². The minimum atomic E-state index is 0.753. The molecule has 1 aromatic rings. The van der Waals surface area contributed by atoms with Crippen LogP contribution < -0.4 is 0 Å². The molecular formula is C11H7N3. The van der Waals surface area contributed by atoms with E-state index in [4.69, 9.17) is 0 Å². The van der Waals surface area contributed by atoms with Crippen LogP contribution in [0.5, 0.6) is 0 Å². The highest BCUT2D eigenvalue weighted by Crippen LogP contribution is 2.27. The zero-order chi connectivity index (χ0) is 9.38. The summed E-state index contributed by atoms with van der Waals surface area (Å²) in [5.74, 6) is 0.753. The van der Waals surface area contributed by atoms with Gasteiger partial charge in [0, 0.05) is 17.1 Å². The normalized spacial score (nSPS) is 10.9. The van der Waals surface area contributed by atoms with Gasteiger partial charge in [0.1, 0.15) is 6.33 Å². The van der Waals surface area contributed by atoms with E-state index in [2.05, 4.69) is 15.0 Å². The Kier molecular flexibility index (Phi) is 1.44. The highest BCUT2D eigenvalue weighted by atomic mass is 14.9. The monoisotopic (exact) mass is 181 g/mol. The summed E-state index contributed by atoms with van der Waals surface area (Å²) in [6.07, 6.45) is 3.26. The highest BCUT2D eigenvalue weighted by molar-refractivity contribution is 5.95. The first-order valence-electron chi connectivity index (χ1n) is 4.39. The van der Waals surface area contributed by atoms with E-state index in [1.165, 1.54) is 6.33 Å². The van der Waals surface area contributed by atoms with Gasteiger partial charge >= 0.3 is 0 Å². The van der Waals surface area contributed by atoms with Gasteiger partial charge in [-0.25, -0.2) is 15.0 Å². The molecule has 3 nitrogen and oxygen atoms in total. The zero-order valence-electron chi connectivity index (χ0n) is 7.38. The maximum atomic E-state index is 4.40. The van der Waals surface area contributed by atoms with Crippen LogP contribution in [0, 0.1) is 0 Å². The lowest BCUT2D eigenvalue weighted by Gasteiger charge is -1.87. The molecule has 66 valence electrons. The molecule has 0 aromatic heterocycles. The van der Waals surface area contributed by atoms with Crippen molar-refractivity contribution in [1.82, 2.24) is 15.0 Å². The second-order valence-corrected chi connectivity index (χ2v) is 3.08. The Balaban J connectivity index is 2.52. The molecule has 0 saturated heterocycles. The molecular weight excluding hydrogens is 174 g/mol. The number of fused-ring (bicyclic) bond motifs is 3. The molecule has 0 saturated carbocycles. The van der Waals surface area contributed by atoms with E-state index in [1.807, 2.05) is 30.3 Å². The molecule has 2 aliphatic rings. The molecule has 0 bridgehead atoms. The van der Waals surface area contributed by atoms with Crippen LogP contribution in [0.25, 0.3) is 22.3 Å². The number of para-hydroxylation sites is 1. The van der Waals surface area contributed by atoms with Gasteiger partial charge in [0.25, 0.3) is 0 Å². The Morgan fingerprint density at radius 2 is 1.93 bits per heavy atom. The van der Waals surface area contributed by atoms with Crippen molar-refractivity contribution in [3.8, 4) is 11.4 Å². The van der Waals surface area contributed by atoms with Crippen molar-refractivity contribution in [2.24, 2.45) is 0 Å². The Morgan fingerprint density at radius 1 is 1.00 bits per heavy atom. The summed E-state index contributed by atoms with van der Waals surface area (Å²) >= 11 is 0. The molecule has 0 amide bonds. The molecule has 0 N–H and O–H groups in total. The highest BCUT2D eigenvalue weighted by Gasteiger charge is 2.09. The predicted molar refractivity (Wildman–Crippen MR) is 54.0 cm³/mol. The predicted octanol–water partition coefficient (Wildman–Crippen LogP) is 2.13. The fraction of sp³-hybridized carbons (Fsp3) is 0. The van der Waals surface area contributed by atoms with Crippen molar-refractivity contribution >= 4 is 10.9 Å². The smallest absolute Gasteiger partial charge is 0.162 e. The zero-order valence-corrected chi connectivity index (χ0v) is 7.38. The SMILES string of the molecule is c1ccc2c3ccncnc-3nc2c1. The first kappa shape index (κ1) is 7.38. The van der Waals surface area contributed by atoms with E-state index in [-0.39, 0.29) is 0 Å². The van der Waals surface area contributed by atoms with Crippen molar-refractivity contribution in [3.63, 3.8) is 0 Å². The van der Waals surface area contributed by atoms with Crippen molar-refractivity contribution < 1.29 is 0 Å². The first-order valence-corrected chi connectivity index (χ1v) is 4.39. The van der Waals surface area contributed by atoms with Gasteiger partial charge in [-0.15, -0.1) is 0 Å². The summed E-state index contributed by atoms with van der Waals surface area (Å²) in [6, 6.07) is 9.96. The first-order chi connectivity index (χ1) is 6.95. The number of aromatic nitrogens is 3. The fourth-order valence-corrected chi connectivity index (χ4v) is 1.60. The third-order valence-corrected chi connectivity index (χ3v) is 2.24. The summed E-state index contributed by atoms with van der Waals surface area (Å²) in [7, 11) is 0. The van der Waals surface area contributed by atoms with Gasteiger partial charge in [0.15, 0.2) is 5.82 Å². The van der Waals surface area contributed by atoms with Crippen LogP contribution in [0.2, 0.25) is 0 Å². The minimum Gasteiger partial charge on any atom is -0.245 e. The third-order valence-electron chi connectivity index (χ3n) is 2.24. The van der Waals surface area contributed by atoms with E-state index in [1.54, 1.807) is 6.20 Å². The van der Waals surface area contributed by atoms with Gasteiger partial charge in [-0.2, -0.15) is 0 Å². The van der Waals surface area contributed by atoms with Crippen LogP contribution in [0.4, 0.5) is 0 Å². The van der Waals surface area contributed by atoms with Gasteiger partial charge in [0.2, 0.25) is 0 Å². The topological polar surface area (TPSA) is 38.7 Å². The molecule has 0 spiro atoms. The number of nitrogens with zero attached hydrogens (tertiary/aromatic N) is 3. The van der Waals surface area contributed by atoms with Gasteiger partial charge < -0.3 is 0 Å². The molecule has 1 aromatic carbocycles. The van der Waals surface area contributed by atoms with Crippen molar-refractivity contribution in [1.29, 1.82) is 0 Å². The maximum Gasteiger partial charge on any atom is 0.162 e. The van der Waals surface area contributed by atoms with E-state index >= 15 is 0 Å². The number of benzene rings is 1. The number of hydrogen-bond acceptors (Lipinski definition) is 3. The third kappa shape index (κ3) is 0.956. The van der Waals surface area contributed by atoms with E-state index < -0.39 is 0 Å². The largest absolute Gasteiger partial charge is 0.245 e. The average molecular weight is 181 g/mol. The van der Waals surface area contributed by atoms with Crippen molar-refractivity contribution in [2.75, 3.05) is 0 Å². The van der Waals surface area contributed by atoms with Gasteiger partial charge in [-0.3, -0.25) is 0 Å². The van der Waals surface area contributed by atoms with Crippen LogP contribution in [0.3, 0.4) is 0 Å². The quantitative estimate of drug-likeness (QED) is 0.533. The summed E-state index contributed by atoms with van der Waals surface area (Å²) in [5, 5.41) is 1.13. The molecule has 0 unspecified atom stereocenters. The van der Waals surface area contributed by atoms with E-state index in [0.717, 1.165) is 22.3 Å². The Hall–Kier alpha value is -2.03. The second-order valence-electron chi connectivity index (χ2n) is 3.08. The second kappa shape index (κ2) is 2.73. The van der Waals surface area contributed by atoms with Crippen molar-refractivity contribution in [3.05, 3.63) is 42.9 Å². The molecule has 0 atom stereocenters.